The second kappa shape index (κ2) is 10.8. The fourth-order valence-corrected chi connectivity index (χ4v) is 3.95. The number of hydrogen-bond acceptors (Lipinski definition) is 6. The maximum atomic E-state index is 12.4. The highest BCUT2D eigenvalue weighted by Gasteiger charge is 2.36. The van der Waals surface area contributed by atoms with Crippen LogP contribution in [0.25, 0.3) is 0 Å². The summed E-state index contributed by atoms with van der Waals surface area (Å²) in [5, 5.41) is 3.09. The Labute approximate surface area is 204 Å². The molecule has 2 aromatic carbocycles. The third kappa shape index (κ3) is 6.11. The summed E-state index contributed by atoms with van der Waals surface area (Å²) in [7, 11) is 0. The Morgan fingerprint density at radius 3 is 2.55 bits per heavy atom. The summed E-state index contributed by atoms with van der Waals surface area (Å²) in [5.74, 6) is -2.53. The number of carbonyl (C=O) groups is 4. The Hall–Kier alpha value is -2.91. The molecule has 0 aromatic heterocycles. The first-order valence-corrected chi connectivity index (χ1v) is 11.4. The highest BCUT2D eigenvalue weighted by molar-refractivity contribution is 9.10. The van der Waals surface area contributed by atoms with Crippen molar-refractivity contribution < 1.29 is 28.7 Å². The zero-order valence-electron chi connectivity index (χ0n) is 18.0. The van der Waals surface area contributed by atoms with Crippen LogP contribution in [0.4, 0.5) is 11.4 Å². The molecule has 1 aliphatic heterocycles. The van der Waals surface area contributed by atoms with Crippen molar-refractivity contribution in [3.05, 3.63) is 57.0 Å². The normalized spacial score (nSPS) is 15.3. The molecule has 10 heteroatoms. The van der Waals surface area contributed by atoms with Gasteiger partial charge in [-0.05, 0) is 71.7 Å². The number of carbonyl (C=O) groups excluding carboxylic acids is 4. The van der Waals surface area contributed by atoms with E-state index in [9.17, 15) is 19.2 Å². The molecule has 8 nitrogen and oxygen atoms in total. The van der Waals surface area contributed by atoms with Crippen molar-refractivity contribution in [2.75, 3.05) is 30.0 Å². The molecule has 2 amide bonds. The molecular weight excluding hydrogens is 516 g/mol. The van der Waals surface area contributed by atoms with Crippen LogP contribution in [-0.4, -0.2) is 43.5 Å². The highest BCUT2D eigenvalue weighted by Crippen LogP contribution is 2.29. The van der Waals surface area contributed by atoms with Crippen molar-refractivity contribution in [2.45, 2.75) is 20.3 Å². The van der Waals surface area contributed by atoms with Gasteiger partial charge in [0, 0.05) is 28.8 Å². The molecule has 174 valence electrons. The lowest BCUT2D eigenvalue weighted by Gasteiger charge is -2.17. The van der Waals surface area contributed by atoms with E-state index in [2.05, 4.69) is 21.2 Å². The maximum absolute atomic E-state index is 12.4. The van der Waals surface area contributed by atoms with E-state index in [0.717, 1.165) is 5.56 Å². The van der Waals surface area contributed by atoms with E-state index >= 15 is 0 Å². The number of anilines is 2. The van der Waals surface area contributed by atoms with Crippen LogP contribution >= 0.6 is 27.5 Å². The summed E-state index contributed by atoms with van der Waals surface area (Å²) in [5.41, 5.74) is 2.23. The fraction of sp³-hybridized carbons (Fsp3) is 0.304. The molecule has 1 saturated heterocycles. The molecule has 0 bridgehead atoms. The summed E-state index contributed by atoms with van der Waals surface area (Å²) in [6, 6.07) is 9.73. The lowest BCUT2D eigenvalue weighted by molar-refractivity contribution is -0.151. The monoisotopic (exact) mass is 536 g/mol. The van der Waals surface area contributed by atoms with E-state index in [1.54, 1.807) is 50.2 Å². The number of halogens is 2. The van der Waals surface area contributed by atoms with Crippen molar-refractivity contribution in [3.63, 3.8) is 0 Å². The summed E-state index contributed by atoms with van der Waals surface area (Å²) in [4.78, 5) is 50.3. The minimum atomic E-state index is -0.695. The Morgan fingerprint density at radius 1 is 1.18 bits per heavy atom. The Bertz CT molecular complexity index is 1090. The van der Waals surface area contributed by atoms with Crippen molar-refractivity contribution in [1.82, 2.24) is 0 Å². The number of amides is 2. The van der Waals surface area contributed by atoms with Gasteiger partial charge in [0.2, 0.25) is 5.91 Å². The maximum Gasteiger partial charge on any atom is 0.338 e. The second-order valence-corrected chi connectivity index (χ2v) is 8.67. The fourth-order valence-electron chi connectivity index (χ4n) is 3.33. The van der Waals surface area contributed by atoms with Crippen molar-refractivity contribution in [3.8, 4) is 0 Å². The lowest BCUT2D eigenvalue weighted by atomic mass is 10.1. The first-order chi connectivity index (χ1) is 15.7. The number of esters is 2. The molecule has 0 saturated carbocycles. The van der Waals surface area contributed by atoms with Gasteiger partial charge >= 0.3 is 11.9 Å². The van der Waals surface area contributed by atoms with Gasteiger partial charge in [-0.2, -0.15) is 0 Å². The SMILES string of the molecule is CCOC(=O)c1ccc(N2C[C@H](C(=O)OCC(=O)Nc3cc(Cl)c(Br)cc3C)CC2=O)cc1. The number of benzene rings is 2. The number of hydrogen-bond donors (Lipinski definition) is 1. The molecule has 1 aliphatic rings. The van der Waals surface area contributed by atoms with Crippen LogP contribution in [-0.2, 0) is 23.9 Å². The van der Waals surface area contributed by atoms with Crippen LogP contribution in [0.1, 0.15) is 29.3 Å². The molecule has 0 spiro atoms. The summed E-state index contributed by atoms with van der Waals surface area (Å²) >= 11 is 9.37. The lowest BCUT2D eigenvalue weighted by Crippen LogP contribution is -2.28. The average Bonchev–Trinajstić information content (AvgIpc) is 3.17. The number of nitrogens with one attached hydrogen (secondary N) is 1. The first kappa shape index (κ1) is 24.7. The van der Waals surface area contributed by atoms with Gasteiger partial charge < -0.3 is 19.7 Å². The Balaban J connectivity index is 1.54. The molecule has 33 heavy (non-hydrogen) atoms. The summed E-state index contributed by atoms with van der Waals surface area (Å²) < 4.78 is 10.8. The van der Waals surface area contributed by atoms with Crippen molar-refractivity contribution in [2.24, 2.45) is 5.92 Å². The predicted molar refractivity (Wildman–Crippen MR) is 126 cm³/mol. The quantitative estimate of drug-likeness (QED) is 0.533. The van der Waals surface area contributed by atoms with Crippen LogP contribution in [0, 0.1) is 12.8 Å². The third-order valence-electron chi connectivity index (χ3n) is 5.04. The topological polar surface area (TPSA) is 102 Å². The predicted octanol–water partition coefficient (Wildman–Crippen LogP) is 4.12. The zero-order chi connectivity index (χ0) is 24.1. The van der Waals surface area contributed by atoms with Crippen LogP contribution in [0.15, 0.2) is 40.9 Å². The van der Waals surface area contributed by atoms with Gasteiger partial charge in [0.1, 0.15) is 0 Å². The highest BCUT2D eigenvalue weighted by atomic mass is 79.9. The van der Waals surface area contributed by atoms with Gasteiger partial charge in [-0.25, -0.2) is 4.79 Å². The number of aryl methyl sites for hydroxylation is 1. The van der Waals surface area contributed by atoms with Gasteiger partial charge in [-0.3, -0.25) is 14.4 Å². The summed E-state index contributed by atoms with van der Waals surface area (Å²) in [6.07, 6.45) is -0.0263. The molecule has 1 atom stereocenters. The van der Waals surface area contributed by atoms with E-state index in [4.69, 9.17) is 21.1 Å². The van der Waals surface area contributed by atoms with Crippen LogP contribution in [0.2, 0.25) is 5.02 Å². The molecule has 1 N–H and O–H groups in total. The van der Waals surface area contributed by atoms with Crippen molar-refractivity contribution in [1.29, 1.82) is 0 Å². The molecule has 0 radical (unpaired) electrons. The third-order valence-corrected chi connectivity index (χ3v) is 6.23. The standard InChI is InChI=1S/C23H22BrClN2O6/c1-3-32-22(30)14-4-6-16(7-5-14)27-11-15(9-21(27)29)23(31)33-12-20(28)26-19-10-18(25)17(24)8-13(19)2/h4-8,10,15H,3,9,11-12H2,1-2H3,(H,26,28)/t15-/m1/s1. The number of rotatable bonds is 7. The average molecular weight is 538 g/mol. The van der Waals surface area contributed by atoms with E-state index in [0.29, 0.717) is 26.4 Å². The van der Waals surface area contributed by atoms with E-state index in [-0.39, 0.29) is 25.5 Å². The minimum absolute atomic E-state index is 0.0263. The molecule has 0 aliphatic carbocycles. The van der Waals surface area contributed by atoms with E-state index in [1.165, 1.54) is 4.90 Å². The Morgan fingerprint density at radius 2 is 1.88 bits per heavy atom. The molecule has 3 rings (SSSR count). The van der Waals surface area contributed by atoms with Crippen LogP contribution < -0.4 is 10.2 Å². The van der Waals surface area contributed by atoms with Gasteiger partial charge in [0.15, 0.2) is 6.61 Å². The van der Waals surface area contributed by atoms with Crippen LogP contribution in [0.5, 0.6) is 0 Å². The van der Waals surface area contributed by atoms with Gasteiger partial charge in [-0.15, -0.1) is 0 Å². The van der Waals surface area contributed by atoms with Crippen molar-refractivity contribution >= 4 is 62.7 Å². The smallest absolute Gasteiger partial charge is 0.338 e. The van der Waals surface area contributed by atoms with Gasteiger partial charge in [0.05, 0.1) is 23.1 Å². The molecule has 1 heterocycles. The number of nitrogens with zero attached hydrogens (tertiary/aromatic N) is 1. The molecule has 0 unspecified atom stereocenters. The number of ether oxygens (including phenoxy) is 2. The zero-order valence-corrected chi connectivity index (χ0v) is 20.4. The van der Waals surface area contributed by atoms with Crippen LogP contribution in [0.3, 0.4) is 0 Å². The second-order valence-electron chi connectivity index (χ2n) is 7.41. The van der Waals surface area contributed by atoms with E-state index < -0.39 is 30.4 Å². The largest absolute Gasteiger partial charge is 0.462 e. The minimum Gasteiger partial charge on any atom is -0.462 e. The molecular formula is C23H22BrClN2O6. The Kier molecular flexibility index (Phi) is 8.10. The molecule has 1 fully saturated rings. The van der Waals surface area contributed by atoms with Gasteiger partial charge in [-0.1, -0.05) is 11.6 Å². The van der Waals surface area contributed by atoms with Gasteiger partial charge in [0.25, 0.3) is 5.91 Å². The van der Waals surface area contributed by atoms with E-state index in [1.807, 2.05) is 0 Å². The summed E-state index contributed by atoms with van der Waals surface area (Å²) in [6.45, 7) is 3.43. The molecule has 2 aromatic rings. The first-order valence-electron chi connectivity index (χ1n) is 10.2.